The van der Waals surface area contributed by atoms with Crippen LogP contribution in [0.4, 0.5) is 4.39 Å². The number of benzene rings is 1. The number of para-hydroxylation sites is 1. The minimum atomic E-state index is -0.587. The molecule has 0 unspecified atom stereocenters. The number of aromatic nitrogens is 2. The molecule has 0 aliphatic rings. The van der Waals surface area contributed by atoms with Gasteiger partial charge in [-0.2, -0.15) is 0 Å². The van der Waals surface area contributed by atoms with E-state index >= 15 is 0 Å². The van der Waals surface area contributed by atoms with Crippen molar-refractivity contribution in [2.45, 2.75) is 5.75 Å². The molecule has 0 bridgehead atoms. The van der Waals surface area contributed by atoms with E-state index in [4.69, 9.17) is 4.74 Å². The van der Waals surface area contributed by atoms with Gasteiger partial charge in [-0.05, 0) is 12.1 Å². The zero-order valence-corrected chi connectivity index (χ0v) is 9.50. The molecule has 1 aromatic heterocycles. The fraction of sp³-hybridized carbons (Fsp3) is 0.200. The number of ether oxygens (including phenoxy) is 1. The summed E-state index contributed by atoms with van der Waals surface area (Å²) in [6, 6.07) is 6.15. The van der Waals surface area contributed by atoms with E-state index in [0.717, 1.165) is 0 Å². The van der Waals surface area contributed by atoms with E-state index in [1.165, 1.54) is 17.8 Å². The Labute approximate surface area is 100.0 Å². The molecule has 0 fully saturated rings. The van der Waals surface area contributed by atoms with E-state index in [0.29, 0.717) is 5.75 Å². The van der Waals surface area contributed by atoms with Crippen molar-refractivity contribution in [2.75, 3.05) is 5.94 Å². The van der Waals surface area contributed by atoms with Crippen LogP contribution < -0.4 is 10.5 Å². The summed E-state index contributed by atoms with van der Waals surface area (Å²) in [6.45, 7) is 0. The molecule has 0 atom stereocenters. The van der Waals surface area contributed by atoms with Crippen LogP contribution in [0.25, 0.3) is 0 Å². The first-order valence-corrected chi connectivity index (χ1v) is 5.90. The van der Waals surface area contributed by atoms with Crippen LogP contribution in [0.5, 0.6) is 5.75 Å². The largest absolute Gasteiger partial charge is 0.480 e. The summed E-state index contributed by atoms with van der Waals surface area (Å²) in [5.41, 5.74) is 0. The minimum Gasteiger partial charge on any atom is -0.480 e. The Hall–Kier alpha value is -1.76. The molecule has 1 heterocycles. The predicted octanol–water partition coefficient (Wildman–Crippen LogP) is 1.77. The van der Waals surface area contributed by atoms with Gasteiger partial charge in [0.1, 0.15) is 5.94 Å². The number of nitrogens with zero attached hydrogens (tertiary/aromatic N) is 1. The summed E-state index contributed by atoms with van der Waals surface area (Å²) in [5, 5.41) is 5.77. The molecule has 0 saturated carbocycles. The van der Waals surface area contributed by atoms with E-state index in [9.17, 15) is 9.18 Å². The fourth-order valence-corrected chi connectivity index (χ4v) is 1.71. The summed E-state index contributed by atoms with van der Waals surface area (Å²) in [4.78, 5) is 10.6. The van der Waals surface area contributed by atoms with Gasteiger partial charge in [-0.25, -0.2) is 14.3 Å². The lowest BCUT2D eigenvalue weighted by atomic mass is 10.3. The number of aromatic amines is 1. The van der Waals surface area contributed by atoms with Gasteiger partial charge in [0.15, 0.2) is 11.6 Å². The lowest BCUT2D eigenvalue weighted by molar-refractivity contribution is 0.367. The number of halogens is 1. The normalized spacial score (nSPS) is 10.4. The molecule has 2 aromatic rings. The van der Waals surface area contributed by atoms with Gasteiger partial charge in [0.05, 0.1) is 5.75 Å². The van der Waals surface area contributed by atoms with Crippen LogP contribution >= 0.6 is 11.8 Å². The Kier molecular flexibility index (Phi) is 3.81. The maximum absolute atomic E-state index is 13.1. The van der Waals surface area contributed by atoms with Crippen LogP contribution in [0, 0.1) is 5.82 Å². The second-order valence-corrected chi connectivity index (χ2v) is 3.98. The second-order valence-electron chi connectivity index (χ2n) is 3.05. The van der Waals surface area contributed by atoms with Gasteiger partial charge in [0.2, 0.25) is 5.89 Å². The molecule has 0 aliphatic carbocycles. The van der Waals surface area contributed by atoms with Crippen LogP contribution in [-0.4, -0.2) is 16.1 Å². The summed E-state index contributed by atoms with van der Waals surface area (Å²) in [6.07, 6.45) is 0. The van der Waals surface area contributed by atoms with Crippen molar-refractivity contribution in [3.8, 4) is 5.75 Å². The molecule has 0 amide bonds. The zero-order chi connectivity index (χ0) is 12.1. The first-order chi connectivity index (χ1) is 8.25. The van der Waals surface area contributed by atoms with Gasteiger partial charge in [-0.15, -0.1) is 16.9 Å². The first kappa shape index (κ1) is 11.7. The molecular weight excluding hydrogens is 247 g/mol. The summed E-state index contributed by atoms with van der Waals surface area (Å²) >= 11 is 1.32. The molecule has 0 spiro atoms. The Morgan fingerprint density at radius 1 is 1.47 bits per heavy atom. The van der Waals surface area contributed by atoms with Crippen LogP contribution in [0.15, 0.2) is 33.5 Å². The third kappa shape index (κ3) is 3.35. The minimum absolute atomic E-state index is 0.198. The van der Waals surface area contributed by atoms with Gasteiger partial charge >= 0.3 is 5.76 Å². The topological polar surface area (TPSA) is 68.1 Å². The smallest absolute Gasteiger partial charge is 0.434 e. The van der Waals surface area contributed by atoms with Crippen molar-refractivity contribution < 1.29 is 13.5 Å². The Bertz CT molecular complexity index is 540. The Balaban J connectivity index is 1.77. The van der Waals surface area contributed by atoms with Crippen molar-refractivity contribution in [3.05, 3.63) is 46.5 Å². The highest BCUT2D eigenvalue weighted by Crippen LogP contribution is 2.18. The number of rotatable bonds is 5. The number of hydrogen-bond acceptors (Lipinski definition) is 5. The van der Waals surface area contributed by atoms with E-state index in [1.54, 1.807) is 18.2 Å². The number of nitrogens with one attached hydrogen (secondary N) is 1. The maximum atomic E-state index is 13.1. The fourth-order valence-electron chi connectivity index (χ4n) is 1.12. The highest BCUT2D eigenvalue weighted by molar-refractivity contribution is 7.98. The molecule has 90 valence electrons. The Morgan fingerprint density at radius 3 is 3.00 bits per heavy atom. The van der Waals surface area contributed by atoms with Gasteiger partial charge in [-0.3, -0.25) is 0 Å². The van der Waals surface area contributed by atoms with Crippen molar-refractivity contribution in [2.24, 2.45) is 0 Å². The molecule has 2 rings (SSSR count). The molecule has 17 heavy (non-hydrogen) atoms. The van der Waals surface area contributed by atoms with Crippen LogP contribution in [0.3, 0.4) is 0 Å². The van der Waals surface area contributed by atoms with E-state index in [2.05, 4.69) is 14.6 Å². The number of thioether (sulfide) groups is 1. The average molecular weight is 256 g/mol. The average Bonchev–Trinajstić information content (AvgIpc) is 2.73. The molecule has 0 saturated heterocycles. The Morgan fingerprint density at radius 2 is 2.29 bits per heavy atom. The SMILES string of the molecule is O=c1[nH]nc(CSCOc2ccccc2F)o1. The molecular formula is C10H9FN2O3S. The third-order valence-electron chi connectivity index (χ3n) is 1.84. The van der Waals surface area contributed by atoms with Crippen molar-refractivity contribution in [1.29, 1.82) is 0 Å². The summed E-state index contributed by atoms with van der Waals surface area (Å²) < 4.78 is 23.0. The molecule has 1 N–H and O–H groups in total. The molecule has 1 aromatic carbocycles. The molecule has 0 radical (unpaired) electrons. The summed E-state index contributed by atoms with van der Waals surface area (Å²) in [5.74, 6) is 0.126. The number of hydrogen-bond donors (Lipinski definition) is 1. The van der Waals surface area contributed by atoms with Crippen LogP contribution in [0.1, 0.15) is 5.89 Å². The molecule has 0 aliphatic heterocycles. The molecule has 5 nitrogen and oxygen atoms in total. The lowest BCUT2D eigenvalue weighted by Gasteiger charge is -2.05. The lowest BCUT2D eigenvalue weighted by Crippen LogP contribution is -1.96. The standard InChI is InChI=1S/C10H9FN2O3S/c11-7-3-1-2-4-8(7)15-6-17-5-9-12-13-10(14)16-9/h1-4H,5-6H2,(H,13,14). The quantitative estimate of drug-likeness (QED) is 0.652. The van der Waals surface area contributed by atoms with E-state index < -0.39 is 11.6 Å². The predicted molar refractivity (Wildman–Crippen MR) is 60.3 cm³/mol. The molecule has 7 heteroatoms. The van der Waals surface area contributed by atoms with E-state index in [-0.39, 0.29) is 17.6 Å². The third-order valence-corrected chi connectivity index (χ3v) is 2.58. The zero-order valence-electron chi connectivity index (χ0n) is 8.68. The first-order valence-electron chi connectivity index (χ1n) is 4.75. The van der Waals surface area contributed by atoms with Crippen molar-refractivity contribution in [1.82, 2.24) is 10.2 Å². The van der Waals surface area contributed by atoms with E-state index in [1.807, 2.05) is 0 Å². The summed E-state index contributed by atoms with van der Waals surface area (Å²) in [7, 11) is 0. The highest BCUT2D eigenvalue weighted by atomic mass is 32.2. The van der Waals surface area contributed by atoms with Crippen LogP contribution in [-0.2, 0) is 5.75 Å². The van der Waals surface area contributed by atoms with Crippen LogP contribution in [0.2, 0.25) is 0 Å². The maximum Gasteiger partial charge on any atom is 0.434 e. The van der Waals surface area contributed by atoms with Gasteiger partial charge in [0.25, 0.3) is 0 Å². The van der Waals surface area contributed by atoms with Gasteiger partial charge < -0.3 is 9.15 Å². The highest BCUT2D eigenvalue weighted by Gasteiger charge is 2.03. The van der Waals surface area contributed by atoms with Gasteiger partial charge in [-0.1, -0.05) is 12.1 Å². The van der Waals surface area contributed by atoms with Gasteiger partial charge in [0, 0.05) is 0 Å². The van der Waals surface area contributed by atoms with Crippen molar-refractivity contribution >= 4 is 11.8 Å². The van der Waals surface area contributed by atoms with Crippen molar-refractivity contribution in [3.63, 3.8) is 0 Å². The number of H-pyrrole nitrogens is 1. The second kappa shape index (κ2) is 5.53. The monoisotopic (exact) mass is 256 g/mol.